The normalized spacial score (nSPS) is 20.2. The van der Waals surface area contributed by atoms with Crippen molar-refractivity contribution >= 4 is 40.8 Å². The van der Waals surface area contributed by atoms with E-state index in [9.17, 15) is 0 Å². The number of hydrogen-bond acceptors (Lipinski definition) is 7. The zero-order valence-corrected chi connectivity index (χ0v) is 16.2. The molecule has 0 amide bonds. The third kappa shape index (κ3) is 3.56. The summed E-state index contributed by atoms with van der Waals surface area (Å²) >= 11 is 8.52. The highest BCUT2D eigenvalue weighted by molar-refractivity contribution is 7.99. The number of rotatable bonds is 2. The third-order valence-electron chi connectivity index (χ3n) is 4.62. The predicted molar refractivity (Wildman–Crippen MR) is 107 cm³/mol. The molecule has 4 rings (SSSR count). The fourth-order valence-electron chi connectivity index (χ4n) is 3.46. The van der Waals surface area contributed by atoms with Crippen LogP contribution in [0.5, 0.6) is 0 Å². The summed E-state index contributed by atoms with van der Waals surface area (Å²) in [5.74, 6) is 2.17. The van der Waals surface area contributed by atoms with Crippen LogP contribution < -0.4 is 16.0 Å². The summed E-state index contributed by atoms with van der Waals surface area (Å²) < 4.78 is 5.87. The average molecular weight is 392 g/mol. The Kier molecular flexibility index (Phi) is 5.11. The minimum Gasteiger partial charge on any atom is -0.383 e. The summed E-state index contributed by atoms with van der Waals surface area (Å²) in [6, 6.07) is 6.17. The van der Waals surface area contributed by atoms with E-state index in [1.807, 2.05) is 24.8 Å². The lowest BCUT2D eigenvalue weighted by Gasteiger charge is -2.32. The SMILES string of the molecule is Cc1cc(N2CCCOCC2c2cc3c(cc2Cl)SCCN3)nc(N)n1. The Labute approximate surface area is 162 Å². The second-order valence-electron chi connectivity index (χ2n) is 6.51. The Morgan fingerprint density at radius 1 is 1.35 bits per heavy atom. The van der Waals surface area contributed by atoms with Crippen LogP contribution in [0.2, 0.25) is 5.02 Å². The van der Waals surface area contributed by atoms with Gasteiger partial charge in [0.2, 0.25) is 5.95 Å². The lowest BCUT2D eigenvalue weighted by Crippen LogP contribution is -2.32. The smallest absolute Gasteiger partial charge is 0.222 e. The molecule has 0 spiro atoms. The fourth-order valence-corrected chi connectivity index (χ4v) is 4.73. The van der Waals surface area contributed by atoms with Crippen molar-refractivity contribution in [3.63, 3.8) is 0 Å². The van der Waals surface area contributed by atoms with Crippen molar-refractivity contribution in [2.24, 2.45) is 0 Å². The van der Waals surface area contributed by atoms with E-state index in [0.29, 0.717) is 12.6 Å². The van der Waals surface area contributed by atoms with Crippen LogP contribution >= 0.6 is 23.4 Å². The molecule has 1 atom stereocenters. The molecule has 0 aliphatic carbocycles. The lowest BCUT2D eigenvalue weighted by atomic mass is 10.0. The lowest BCUT2D eigenvalue weighted by molar-refractivity contribution is 0.134. The van der Waals surface area contributed by atoms with E-state index in [4.69, 9.17) is 22.1 Å². The quantitative estimate of drug-likeness (QED) is 0.811. The first-order valence-corrected chi connectivity index (χ1v) is 10.1. The van der Waals surface area contributed by atoms with Gasteiger partial charge in [-0.2, -0.15) is 4.98 Å². The predicted octanol–water partition coefficient (Wildman–Crippen LogP) is 3.51. The zero-order chi connectivity index (χ0) is 18.1. The Morgan fingerprint density at radius 3 is 3.08 bits per heavy atom. The first-order chi connectivity index (χ1) is 12.6. The maximum absolute atomic E-state index is 6.68. The van der Waals surface area contributed by atoms with Crippen molar-refractivity contribution < 1.29 is 4.74 Å². The summed E-state index contributed by atoms with van der Waals surface area (Å²) in [6.45, 7) is 5.01. The van der Waals surface area contributed by atoms with Gasteiger partial charge in [0.25, 0.3) is 0 Å². The molecule has 138 valence electrons. The molecule has 3 heterocycles. The number of anilines is 3. The molecular weight excluding hydrogens is 370 g/mol. The number of aryl methyl sites for hydroxylation is 1. The molecule has 2 aliphatic rings. The summed E-state index contributed by atoms with van der Waals surface area (Å²) in [7, 11) is 0. The van der Waals surface area contributed by atoms with Gasteiger partial charge < -0.3 is 20.7 Å². The Balaban J connectivity index is 1.76. The van der Waals surface area contributed by atoms with Gasteiger partial charge in [0.1, 0.15) is 5.82 Å². The molecule has 1 saturated heterocycles. The Bertz CT molecular complexity index is 798. The van der Waals surface area contributed by atoms with Crippen molar-refractivity contribution in [1.29, 1.82) is 0 Å². The molecule has 8 heteroatoms. The van der Waals surface area contributed by atoms with Gasteiger partial charge in [-0.3, -0.25) is 0 Å². The number of ether oxygens (including phenoxy) is 1. The number of nitrogen functional groups attached to an aromatic ring is 1. The highest BCUT2D eigenvalue weighted by atomic mass is 35.5. The van der Waals surface area contributed by atoms with E-state index in [1.54, 1.807) is 0 Å². The third-order valence-corrected chi connectivity index (χ3v) is 6.01. The minimum absolute atomic E-state index is 0.0160. The van der Waals surface area contributed by atoms with E-state index in [-0.39, 0.29) is 6.04 Å². The number of hydrogen-bond donors (Lipinski definition) is 2. The van der Waals surface area contributed by atoms with E-state index in [0.717, 1.165) is 59.7 Å². The zero-order valence-electron chi connectivity index (χ0n) is 14.7. The van der Waals surface area contributed by atoms with Crippen LogP contribution in [0.15, 0.2) is 23.1 Å². The standard InChI is InChI=1S/C18H22ClN5OS/c1-11-7-17(23-18(20)22-11)24-4-2-5-25-10-15(24)12-8-14-16(9-13(12)19)26-6-3-21-14/h7-9,15,21H,2-6,10H2,1H3,(H2,20,22,23). The summed E-state index contributed by atoms with van der Waals surface area (Å²) in [5, 5.41) is 4.24. The van der Waals surface area contributed by atoms with Gasteiger partial charge in [-0.05, 0) is 31.0 Å². The number of thioether (sulfide) groups is 1. The molecule has 6 nitrogen and oxygen atoms in total. The molecule has 1 aromatic carbocycles. The molecule has 26 heavy (non-hydrogen) atoms. The summed E-state index contributed by atoms with van der Waals surface area (Å²) in [6.07, 6.45) is 0.927. The van der Waals surface area contributed by atoms with Gasteiger partial charge >= 0.3 is 0 Å². The maximum Gasteiger partial charge on any atom is 0.222 e. The number of fused-ring (bicyclic) bond motifs is 1. The van der Waals surface area contributed by atoms with Crippen LogP contribution in [-0.2, 0) is 4.74 Å². The molecule has 0 radical (unpaired) electrons. The number of nitrogens with one attached hydrogen (secondary N) is 1. The minimum atomic E-state index is -0.0160. The molecule has 2 aliphatic heterocycles. The average Bonchev–Trinajstić information content (AvgIpc) is 2.86. The van der Waals surface area contributed by atoms with Crippen LogP contribution in [0.3, 0.4) is 0 Å². The first kappa shape index (κ1) is 17.7. The maximum atomic E-state index is 6.68. The van der Waals surface area contributed by atoms with Crippen LogP contribution in [0, 0.1) is 6.92 Å². The molecule has 3 N–H and O–H groups in total. The van der Waals surface area contributed by atoms with Crippen molar-refractivity contribution in [3.8, 4) is 0 Å². The number of halogens is 1. The van der Waals surface area contributed by atoms with Crippen LogP contribution in [-0.4, -0.2) is 42.0 Å². The first-order valence-electron chi connectivity index (χ1n) is 8.77. The highest BCUT2D eigenvalue weighted by Crippen LogP contribution is 2.40. The van der Waals surface area contributed by atoms with Crippen molar-refractivity contribution in [2.75, 3.05) is 48.0 Å². The van der Waals surface area contributed by atoms with E-state index in [2.05, 4.69) is 32.3 Å². The largest absolute Gasteiger partial charge is 0.383 e. The van der Waals surface area contributed by atoms with Crippen molar-refractivity contribution in [2.45, 2.75) is 24.3 Å². The fraction of sp³-hybridized carbons (Fsp3) is 0.444. The van der Waals surface area contributed by atoms with E-state index in [1.165, 1.54) is 4.90 Å². The number of benzene rings is 1. The van der Waals surface area contributed by atoms with Gasteiger partial charge in [0.05, 0.1) is 12.6 Å². The Hall–Kier alpha value is -1.70. The van der Waals surface area contributed by atoms with Crippen LogP contribution in [0.25, 0.3) is 0 Å². The second kappa shape index (κ2) is 7.50. The van der Waals surface area contributed by atoms with E-state index >= 15 is 0 Å². The summed E-state index contributed by atoms with van der Waals surface area (Å²) in [5.41, 5.74) is 8.94. The number of aromatic nitrogens is 2. The van der Waals surface area contributed by atoms with Crippen LogP contribution in [0.1, 0.15) is 23.7 Å². The van der Waals surface area contributed by atoms with Gasteiger partial charge in [-0.15, -0.1) is 11.8 Å². The second-order valence-corrected chi connectivity index (χ2v) is 8.05. The molecule has 0 bridgehead atoms. The monoisotopic (exact) mass is 391 g/mol. The molecule has 2 aromatic rings. The van der Waals surface area contributed by atoms with Crippen molar-refractivity contribution in [3.05, 3.63) is 34.5 Å². The van der Waals surface area contributed by atoms with E-state index < -0.39 is 0 Å². The van der Waals surface area contributed by atoms with Gasteiger partial charge in [0, 0.05) is 52.8 Å². The molecular formula is C18H22ClN5OS. The molecule has 1 aromatic heterocycles. The number of nitrogens with two attached hydrogens (primary N) is 1. The highest BCUT2D eigenvalue weighted by Gasteiger charge is 2.28. The van der Waals surface area contributed by atoms with Gasteiger partial charge in [0.15, 0.2) is 0 Å². The van der Waals surface area contributed by atoms with Gasteiger partial charge in [-0.1, -0.05) is 11.6 Å². The molecule has 0 saturated carbocycles. The molecule has 1 fully saturated rings. The van der Waals surface area contributed by atoms with Crippen LogP contribution in [0.4, 0.5) is 17.5 Å². The van der Waals surface area contributed by atoms with Crippen molar-refractivity contribution in [1.82, 2.24) is 9.97 Å². The van der Waals surface area contributed by atoms with Gasteiger partial charge in [-0.25, -0.2) is 4.98 Å². The molecule has 1 unspecified atom stereocenters. The Morgan fingerprint density at radius 2 is 2.23 bits per heavy atom. The number of nitrogens with zero attached hydrogens (tertiary/aromatic N) is 3. The topological polar surface area (TPSA) is 76.3 Å². The summed E-state index contributed by atoms with van der Waals surface area (Å²) in [4.78, 5) is 12.1.